The molecule has 8 nitrogen and oxygen atoms in total. The number of nitrogen functional groups attached to an aromatic ring is 1. The minimum atomic E-state index is -0.999. The quantitative estimate of drug-likeness (QED) is 0.291. The zero-order valence-corrected chi connectivity index (χ0v) is 19.2. The molecule has 180 valence electrons. The maximum atomic E-state index is 13.9. The van der Waals surface area contributed by atoms with Gasteiger partial charge in [-0.3, -0.25) is 0 Å². The summed E-state index contributed by atoms with van der Waals surface area (Å²) in [6.07, 6.45) is 0.763. The van der Waals surface area contributed by atoms with Crippen LogP contribution < -0.4 is 30.2 Å². The number of nitrogens with zero attached hydrogens (tertiary/aromatic N) is 2. The molecule has 0 aliphatic heterocycles. The highest BCUT2D eigenvalue weighted by atomic mass is 19.1. The van der Waals surface area contributed by atoms with E-state index in [0.717, 1.165) is 6.20 Å². The Morgan fingerprint density at radius 2 is 1.25 bits per heavy atom. The number of methoxy groups -OCH3 is 2. The molecule has 2 aromatic heterocycles. The highest BCUT2D eigenvalue weighted by Crippen LogP contribution is 2.37. The van der Waals surface area contributed by atoms with Gasteiger partial charge in [-0.15, -0.1) is 0 Å². The van der Waals surface area contributed by atoms with Crippen LogP contribution in [0.3, 0.4) is 0 Å². The molecule has 0 atom stereocenters. The summed E-state index contributed by atoms with van der Waals surface area (Å²) >= 11 is 0. The van der Waals surface area contributed by atoms with Crippen LogP contribution in [-0.2, 0) is 0 Å². The van der Waals surface area contributed by atoms with Gasteiger partial charge in [0.15, 0.2) is 11.6 Å². The van der Waals surface area contributed by atoms with E-state index in [1.54, 1.807) is 41.5 Å². The first-order chi connectivity index (χ1) is 14.6. The fourth-order valence-electron chi connectivity index (χ4n) is 2.18. The fraction of sp³-hybridized carbons (Fsp3) is 0.500. The fourth-order valence-corrected chi connectivity index (χ4v) is 2.18. The van der Waals surface area contributed by atoms with Crippen LogP contribution in [0.15, 0.2) is 6.20 Å². The summed E-state index contributed by atoms with van der Waals surface area (Å²) in [5.74, 6) is -0.273. The van der Waals surface area contributed by atoms with Gasteiger partial charge in [-0.25, -0.2) is 15.2 Å². The summed E-state index contributed by atoms with van der Waals surface area (Å²) in [4.78, 5) is 6.46. The van der Waals surface area contributed by atoms with E-state index in [1.807, 2.05) is 5.43 Å². The lowest BCUT2D eigenvalue weighted by Crippen LogP contribution is -2.25. The normalized spacial score (nSPS) is 11.3. The predicted octanol–water partition coefficient (Wildman–Crippen LogP) is 4.38. The van der Waals surface area contributed by atoms with Gasteiger partial charge in [0.25, 0.3) is 11.9 Å². The second-order valence-corrected chi connectivity index (χ2v) is 8.26. The van der Waals surface area contributed by atoms with Gasteiger partial charge in [0.1, 0.15) is 11.2 Å². The van der Waals surface area contributed by atoms with Crippen molar-refractivity contribution in [3.8, 4) is 23.0 Å². The molecule has 2 rings (SSSR count). The van der Waals surface area contributed by atoms with E-state index in [-0.39, 0.29) is 17.2 Å². The van der Waals surface area contributed by atoms with Crippen molar-refractivity contribution in [1.29, 1.82) is 0 Å². The first-order valence-electron chi connectivity index (χ1n) is 9.30. The number of anilines is 1. The van der Waals surface area contributed by atoms with Crippen molar-refractivity contribution < 1.29 is 36.5 Å². The topological polar surface area (TPSA) is 101 Å². The highest BCUT2D eigenvalue weighted by molar-refractivity contribution is 5.51. The molecule has 0 amide bonds. The molecule has 32 heavy (non-hydrogen) atoms. The van der Waals surface area contributed by atoms with Crippen molar-refractivity contribution in [2.75, 3.05) is 19.6 Å². The molecular weight excluding hydrogens is 436 g/mol. The van der Waals surface area contributed by atoms with E-state index >= 15 is 0 Å². The Bertz CT molecular complexity index is 932. The van der Waals surface area contributed by atoms with Crippen molar-refractivity contribution in [2.24, 2.45) is 5.84 Å². The standard InChI is InChI=1S/C10H15F2N3O2.C10H13F2NO2/c1-10(2,3)17-6-5(11)9(15-13)14-8(12)7(6)16-4;1-10(2,3)15-7-6(11)5-13-9(12)8(7)14-4/h13H2,1-4H3,(H,14,15);5H,1-4H3. The van der Waals surface area contributed by atoms with E-state index in [4.69, 9.17) is 24.8 Å². The largest absolute Gasteiger partial charge is 0.489 e. The number of halogens is 4. The van der Waals surface area contributed by atoms with E-state index < -0.39 is 46.3 Å². The number of nitrogens with one attached hydrogen (secondary N) is 1. The van der Waals surface area contributed by atoms with Crippen LogP contribution in [0.5, 0.6) is 23.0 Å². The van der Waals surface area contributed by atoms with Gasteiger partial charge in [0.05, 0.1) is 20.4 Å². The molecule has 0 fully saturated rings. The summed E-state index contributed by atoms with van der Waals surface area (Å²) in [5, 5.41) is 0. The molecule has 2 heterocycles. The van der Waals surface area contributed by atoms with E-state index in [2.05, 4.69) is 9.97 Å². The van der Waals surface area contributed by atoms with Gasteiger partial charge in [-0.05, 0) is 41.5 Å². The number of aromatic nitrogens is 2. The second-order valence-electron chi connectivity index (χ2n) is 8.26. The number of hydrogen-bond donors (Lipinski definition) is 2. The van der Waals surface area contributed by atoms with Gasteiger partial charge in [-0.2, -0.15) is 18.2 Å². The first kappa shape index (κ1) is 27.0. The number of pyridine rings is 2. The van der Waals surface area contributed by atoms with Crippen LogP contribution in [0.2, 0.25) is 0 Å². The van der Waals surface area contributed by atoms with Gasteiger partial charge in [0.2, 0.25) is 28.8 Å². The first-order valence-corrected chi connectivity index (χ1v) is 9.30. The lowest BCUT2D eigenvalue weighted by atomic mass is 10.2. The molecular formula is C20H28F4N4O4. The average molecular weight is 464 g/mol. The highest BCUT2D eigenvalue weighted by Gasteiger charge is 2.26. The maximum absolute atomic E-state index is 13.9. The molecule has 0 aliphatic carbocycles. The minimum Gasteiger partial charge on any atom is -0.489 e. The lowest BCUT2D eigenvalue weighted by molar-refractivity contribution is 0.116. The SMILES string of the molecule is COc1c(F)nc(NN)c(F)c1OC(C)(C)C.COc1c(F)ncc(F)c1OC(C)(C)C. The monoisotopic (exact) mass is 464 g/mol. The van der Waals surface area contributed by atoms with Gasteiger partial charge in [0, 0.05) is 0 Å². The Balaban J connectivity index is 0.000000323. The van der Waals surface area contributed by atoms with E-state index in [1.165, 1.54) is 14.2 Å². The average Bonchev–Trinajstić information content (AvgIpc) is 2.66. The molecule has 0 aromatic carbocycles. The molecule has 0 saturated heterocycles. The number of hydrazine groups is 1. The minimum absolute atomic E-state index is 0.252. The van der Waals surface area contributed by atoms with E-state index in [0.29, 0.717) is 0 Å². The zero-order valence-electron chi connectivity index (χ0n) is 19.2. The van der Waals surface area contributed by atoms with Crippen molar-refractivity contribution in [1.82, 2.24) is 9.97 Å². The number of ether oxygens (including phenoxy) is 4. The van der Waals surface area contributed by atoms with Crippen LogP contribution in [0.1, 0.15) is 41.5 Å². The van der Waals surface area contributed by atoms with Crippen LogP contribution >= 0.6 is 0 Å². The van der Waals surface area contributed by atoms with Gasteiger partial charge < -0.3 is 24.4 Å². The molecule has 0 spiro atoms. The molecule has 0 bridgehead atoms. The zero-order chi connectivity index (χ0) is 24.9. The van der Waals surface area contributed by atoms with Crippen molar-refractivity contribution in [3.63, 3.8) is 0 Å². The molecule has 2 aromatic rings. The van der Waals surface area contributed by atoms with E-state index in [9.17, 15) is 17.6 Å². The predicted molar refractivity (Wildman–Crippen MR) is 110 cm³/mol. The third-order valence-corrected chi connectivity index (χ3v) is 3.27. The van der Waals surface area contributed by atoms with Gasteiger partial charge in [-0.1, -0.05) is 0 Å². The van der Waals surface area contributed by atoms with Gasteiger partial charge >= 0.3 is 0 Å². The van der Waals surface area contributed by atoms with Crippen molar-refractivity contribution in [3.05, 3.63) is 29.7 Å². The van der Waals surface area contributed by atoms with Crippen LogP contribution in [0.4, 0.5) is 23.4 Å². The summed E-state index contributed by atoms with van der Waals surface area (Å²) in [5.41, 5.74) is 0.600. The molecule has 12 heteroatoms. The lowest BCUT2D eigenvalue weighted by Gasteiger charge is -2.23. The molecule has 0 unspecified atom stereocenters. The van der Waals surface area contributed by atoms with Crippen molar-refractivity contribution in [2.45, 2.75) is 52.7 Å². The Morgan fingerprint density at radius 1 is 0.781 bits per heavy atom. The van der Waals surface area contributed by atoms with Crippen molar-refractivity contribution >= 4 is 5.82 Å². The third-order valence-electron chi connectivity index (χ3n) is 3.27. The molecule has 0 saturated carbocycles. The summed E-state index contributed by atoms with van der Waals surface area (Å²) in [6.45, 7) is 10.3. The number of nitrogens with two attached hydrogens (primary N) is 1. The summed E-state index contributed by atoms with van der Waals surface area (Å²) < 4.78 is 73.8. The Hall–Kier alpha value is -3.02. The Morgan fingerprint density at radius 3 is 1.69 bits per heavy atom. The second kappa shape index (κ2) is 10.5. The van der Waals surface area contributed by atoms with Crippen LogP contribution in [-0.4, -0.2) is 35.4 Å². The smallest absolute Gasteiger partial charge is 0.261 e. The summed E-state index contributed by atoms with van der Waals surface area (Å²) in [6, 6.07) is 0. The Labute approximate surface area is 184 Å². The number of rotatable bonds is 5. The van der Waals surface area contributed by atoms with Crippen LogP contribution in [0, 0.1) is 23.5 Å². The molecule has 3 N–H and O–H groups in total. The summed E-state index contributed by atoms with van der Waals surface area (Å²) in [7, 11) is 2.43. The van der Waals surface area contributed by atoms with Crippen LogP contribution in [0.25, 0.3) is 0 Å². The maximum Gasteiger partial charge on any atom is 0.261 e. The molecule has 0 aliphatic rings. The molecule has 0 radical (unpaired) electrons. The third kappa shape index (κ3) is 7.29. The Kier molecular flexibility index (Phi) is 8.89. The number of hydrogen-bond acceptors (Lipinski definition) is 8.